The van der Waals surface area contributed by atoms with E-state index in [2.05, 4.69) is 15.6 Å². The van der Waals surface area contributed by atoms with E-state index in [1.165, 1.54) is 0 Å². The van der Waals surface area contributed by atoms with Crippen LogP contribution in [0.25, 0.3) is 0 Å². The number of amides is 2. The predicted molar refractivity (Wildman–Crippen MR) is 90.6 cm³/mol. The third-order valence-corrected chi connectivity index (χ3v) is 4.09. The van der Waals surface area contributed by atoms with E-state index in [-0.39, 0.29) is 17.7 Å². The average molecular weight is 334 g/mol. The summed E-state index contributed by atoms with van der Waals surface area (Å²) in [5, 5.41) is 6.12. The topological polar surface area (TPSA) is 83.6 Å². The number of hydrogen-bond acceptors (Lipinski definition) is 5. The number of nitrogens with zero attached hydrogens (tertiary/aromatic N) is 2. The number of aromatic nitrogens is 1. The van der Waals surface area contributed by atoms with Gasteiger partial charge in [0.1, 0.15) is 0 Å². The number of rotatable bonds is 8. The molecule has 1 aliphatic heterocycles. The Morgan fingerprint density at radius 2 is 2.08 bits per heavy atom. The fourth-order valence-corrected chi connectivity index (χ4v) is 2.77. The SMILES string of the molecule is COCCNCCNC(=O)C1CCCN(C(=O)c2ccncc2)C1. The van der Waals surface area contributed by atoms with E-state index in [0.717, 1.165) is 19.4 Å². The Hall–Kier alpha value is -1.99. The van der Waals surface area contributed by atoms with Crippen LogP contribution in [0.5, 0.6) is 0 Å². The van der Waals surface area contributed by atoms with Gasteiger partial charge in [-0.1, -0.05) is 0 Å². The molecule has 24 heavy (non-hydrogen) atoms. The van der Waals surface area contributed by atoms with Gasteiger partial charge in [0.25, 0.3) is 5.91 Å². The normalized spacial score (nSPS) is 17.5. The van der Waals surface area contributed by atoms with Crippen molar-refractivity contribution in [2.75, 3.05) is 46.4 Å². The summed E-state index contributed by atoms with van der Waals surface area (Å²) < 4.78 is 4.94. The van der Waals surface area contributed by atoms with Crippen LogP contribution in [0, 0.1) is 5.92 Å². The van der Waals surface area contributed by atoms with Crippen LogP contribution >= 0.6 is 0 Å². The number of likely N-dealkylation sites (tertiary alicyclic amines) is 1. The second kappa shape index (κ2) is 10.00. The van der Waals surface area contributed by atoms with Crippen molar-refractivity contribution < 1.29 is 14.3 Å². The Labute approximate surface area is 142 Å². The van der Waals surface area contributed by atoms with E-state index >= 15 is 0 Å². The average Bonchev–Trinajstić information content (AvgIpc) is 2.64. The number of pyridine rings is 1. The molecule has 7 nitrogen and oxygen atoms in total. The predicted octanol–water partition coefficient (Wildman–Crippen LogP) is 0.286. The molecule has 2 amide bonds. The zero-order valence-electron chi connectivity index (χ0n) is 14.2. The first-order valence-corrected chi connectivity index (χ1v) is 8.39. The van der Waals surface area contributed by atoms with Crippen LogP contribution in [0.2, 0.25) is 0 Å². The number of carbonyl (C=O) groups is 2. The smallest absolute Gasteiger partial charge is 0.253 e. The lowest BCUT2D eigenvalue weighted by molar-refractivity contribution is -0.126. The first-order valence-electron chi connectivity index (χ1n) is 8.39. The van der Waals surface area contributed by atoms with Crippen LogP contribution in [0.4, 0.5) is 0 Å². The van der Waals surface area contributed by atoms with Crippen molar-refractivity contribution in [1.29, 1.82) is 0 Å². The molecule has 0 aliphatic carbocycles. The minimum Gasteiger partial charge on any atom is -0.383 e. The molecular weight excluding hydrogens is 308 g/mol. The van der Waals surface area contributed by atoms with E-state index < -0.39 is 0 Å². The van der Waals surface area contributed by atoms with Crippen LogP contribution in [-0.4, -0.2) is 68.1 Å². The molecule has 0 saturated carbocycles. The molecule has 1 unspecified atom stereocenters. The van der Waals surface area contributed by atoms with Gasteiger partial charge < -0.3 is 20.3 Å². The van der Waals surface area contributed by atoms with Crippen molar-refractivity contribution >= 4 is 11.8 Å². The second-order valence-corrected chi connectivity index (χ2v) is 5.86. The maximum absolute atomic E-state index is 12.5. The molecule has 0 radical (unpaired) electrons. The third kappa shape index (κ3) is 5.58. The summed E-state index contributed by atoms with van der Waals surface area (Å²) in [4.78, 5) is 30.4. The Balaban J connectivity index is 1.76. The summed E-state index contributed by atoms with van der Waals surface area (Å²) in [5.74, 6) is -0.143. The van der Waals surface area contributed by atoms with Crippen molar-refractivity contribution in [3.05, 3.63) is 30.1 Å². The molecule has 1 aromatic heterocycles. The van der Waals surface area contributed by atoms with E-state index in [4.69, 9.17) is 4.74 Å². The van der Waals surface area contributed by atoms with Crippen molar-refractivity contribution in [3.63, 3.8) is 0 Å². The van der Waals surface area contributed by atoms with Crippen LogP contribution in [0.15, 0.2) is 24.5 Å². The maximum atomic E-state index is 12.5. The molecule has 2 N–H and O–H groups in total. The Morgan fingerprint density at radius 1 is 1.29 bits per heavy atom. The van der Waals surface area contributed by atoms with Gasteiger partial charge >= 0.3 is 0 Å². The first kappa shape index (κ1) is 18.4. The number of nitrogens with one attached hydrogen (secondary N) is 2. The van der Waals surface area contributed by atoms with Gasteiger partial charge in [-0.2, -0.15) is 0 Å². The highest BCUT2D eigenvalue weighted by Crippen LogP contribution is 2.18. The van der Waals surface area contributed by atoms with Crippen LogP contribution in [0.1, 0.15) is 23.2 Å². The Morgan fingerprint density at radius 3 is 2.83 bits per heavy atom. The van der Waals surface area contributed by atoms with E-state index in [9.17, 15) is 9.59 Å². The highest BCUT2D eigenvalue weighted by atomic mass is 16.5. The number of ether oxygens (including phenoxy) is 1. The molecule has 132 valence electrons. The van der Waals surface area contributed by atoms with Crippen molar-refractivity contribution in [1.82, 2.24) is 20.5 Å². The largest absolute Gasteiger partial charge is 0.383 e. The zero-order valence-corrected chi connectivity index (χ0v) is 14.2. The Bertz CT molecular complexity index is 524. The van der Waals surface area contributed by atoms with E-state index in [1.807, 2.05) is 0 Å². The monoisotopic (exact) mass is 334 g/mol. The van der Waals surface area contributed by atoms with E-state index in [0.29, 0.717) is 38.3 Å². The van der Waals surface area contributed by atoms with Gasteiger partial charge in [-0.05, 0) is 25.0 Å². The molecule has 0 aromatic carbocycles. The summed E-state index contributed by atoms with van der Waals surface area (Å²) in [6, 6.07) is 3.41. The zero-order chi connectivity index (χ0) is 17.2. The van der Waals surface area contributed by atoms with Crippen molar-refractivity contribution in [3.8, 4) is 0 Å². The van der Waals surface area contributed by atoms with Crippen LogP contribution < -0.4 is 10.6 Å². The molecule has 1 fully saturated rings. The Kier molecular flexibility index (Phi) is 7.64. The first-order chi connectivity index (χ1) is 11.7. The van der Waals surface area contributed by atoms with Gasteiger partial charge in [0, 0.05) is 57.8 Å². The number of methoxy groups -OCH3 is 1. The lowest BCUT2D eigenvalue weighted by atomic mass is 9.96. The molecule has 2 rings (SSSR count). The molecule has 0 spiro atoms. The van der Waals surface area contributed by atoms with Crippen LogP contribution in [-0.2, 0) is 9.53 Å². The summed E-state index contributed by atoms with van der Waals surface area (Å²) in [7, 11) is 1.66. The summed E-state index contributed by atoms with van der Waals surface area (Å²) in [6.07, 6.45) is 4.89. The van der Waals surface area contributed by atoms with Gasteiger partial charge in [-0.3, -0.25) is 14.6 Å². The fourth-order valence-electron chi connectivity index (χ4n) is 2.77. The molecule has 7 heteroatoms. The van der Waals surface area contributed by atoms with Gasteiger partial charge in [0.05, 0.1) is 12.5 Å². The fraction of sp³-hybridized carbons (Fsp3) is 0.588. The quantitative estimate of drug-likeness (QED) is 0.668. The van der Waals surface area contributed by atoms with Gasteiger partial charge in [0.15, 0.2) is 0 Å². The van der Waals surface area contributed by atoms with Crippen molar-refractivity contribution in [2.45, 2.75) is 12.8 Å². The molecule has 0 bridgehead atoms. The minimum absolute atomic E-state index is 0.0239. The summed E-state index contributed by atoms with van der Waals surface area (Å²) in [5.41, 5.74) is 0.619. The lowest BCUT2D eigenvalue weighted by Crippen LogP contribution is -2.46. The van der Waals surface area contributed by atoms with Gasteiger partial charge in [-0.25, -0.2) is 0 Å². The highest BCUT2D eigenvalue weighted by molar-refractivity contribution is 5.94. The van der Waals surface area contributed by atoms with Gasteiger partial charge in [0.2, 0.25) is 5.91 Å². The van der Waals surface area contributed by atoms with E-state index in [1.54, 1.807) is 36.5 Å². The molecule has 1 aliphatic rings. The second-order valence-electron chi connectivity index (χ2n) is 5.86. The van der Waals surface area contributed by atoms with Gasteiger partial charge in [-0.15, -0.1) is 0 Å². The number of piperidine rings is 1. The molecule has 1 atom stereocenters. The number of carbonyl (C=O) groups excluding carboxylic acids is 2. The molecular formula is C17H26N4O3. The summed E-state index contributed by atoms with van der Waals surface area (Å²) in [6.45, 7) is 3.89. The van der Waals surface area contributed by atoms with Crippen molar-refractivity contribution in [2.24, 2.45) is 5.92 Å². The highest BCUT2D eigenvalue weighted by Gasteiger charge is 2.28. The standard InChI is InChI=1S/C17H26N4O3/c1-24-12-10-19-8-9-20-16(22)15-3-2-11-21(13-15)17(23)14-4-6-18-7-5-14/h4-7,15,19H,2-3,8-13H2,1H3,(H,20,22). The van der Waals surface area contributed by atoms with Crippen LogP contribution in [0.3, 0.4) is 0 Å². The molecule has 2 heterocycles. The maximum Gasteiger partial charge on any atom is 0.253 e. The third-order valence-electron chi connectivity index (χ3n) is 4.09. The summed E-state index contributed by atoms with van der Waals surface area (Å²) >= 11 is 0. The minimum atomic E-state index is -0.136. The number of hydrogen-bond donors (Lipinski definition) is 2. The molecule has 1 saturated heterocycles. The molecule has 1 aromatic rings. The lowest BCUT2D eigenvalue weighted by Gasteiger charge is -2.32.